The topological polar surface area (TPSA) is 74.8 Å². The lowest BCUT2D eigenvalue weighted by molar-refractivity contribution is -0.130. The molecule has 7 nitrogen and oxygen atoms in total. The van der Waals surface area contributed by atoms with Gasteiger partial charge in [0.05, 0.1) is 6.61 Å². The van der Waals surface area contributed by atoms with Crippen LogP contribution in [0.15, 0.2) is 48.8 Å². The number of rotatable bonds is 3. The number of benzene rings is 1. The number of pyridine rings is 1. The molecule has 2 unspecified atom stereocenters. The van der Waals surface area contributed by atoms with E-state index in [1.165, 1.54) is 0 Å². The van der Waals surface area contributed by atoms with Gasteiger partial charge in [-0.2, -0.15) is 0 Å². The van der Waals surface area contributed by atoms with Crippen molar-refractivity contribution in [1.82, 2.24) is 15.2 Å². The molecule has 1 N–H and O–H groups in total. The van der Waals surface area contributed by atoms with Crippen LogP contribution in [0.4, 0.5) is 10.5 Å². The summed E-state index contributed by atoms with van der Waals surface area (Å²) < 4.78 is 5.91. The van der Waals surface area contributed by atoms with Crippen molar-refractivity contribution in [2.24, 2.45) is 0 Å². The predicted octanol–water partition coefficient (Wildman–Crippen LogP) is 1.93. The molecule has 0 bridgehead atoms. The standard InChI is InChI=1S/C21H24N4O3/c1-24(2)20(27)25-13-21(16-5-3-4-6-17(16)25)11-18(28-14-21)19(26)23-12-15-7-9-22-10-8-15/h3-10,18H,11-14H2,1-2H3,(H,23,26). The van der Waals surface area contributed by atoms with Crippen molar-refractivity contribution in [1.29, 1.82) is 0 Å². The first-order valence-electron chi connectivity index (χ1n) is 9.37. The van der Waals surface area contributed by atoms with Gasteiger partial charge in [-0.3, -0.25) is 14.7 Å². The molecule has 1 aromatic carbocycles. The maximum atomic E-state index is 12.7. The number of ether oxygens (including phenoxy) is 1. The minimum absolute atomic E-state index is 0.0603. The number of aromatic nitrogens is 1. The quantitative estimate of drug-likeness (QED) is 0.883. The van der Waals surface area contributed by atoms with E-state index in [4.69, 9.17) is 4.74 Å². The summed E-state index contributed by atoms with van der Waals surface area (Å²) in [4.78, 5) is 32.6. The molecule has 4 rings (SSSR count). The number of urea groups is 1. The second-order valence-corrected chi connectivity index (χ2v) is 7.64. The van der Waals surface area contributed by atoms with E-state index in [1.54, 1.807) is 36.3 Å². The fourth-order valence-corrected chi connectivity index (χ4v) is 4.05. The van der Waals surface area contributed by atoms with E-state index in [1.807, 2.05) is 36.4 Å². The molecule has 7 heteroatoms. The minimum Gasteiger partial charge on any atom is -0.367 e. The maximum Gasteiger partial charge on any atom is 0.323 e. The van der Waals surface area contributed by atoms with Gasteiger partial charge in [0, 0.05) is 50.7 Å². The third-order valence-electron chi connectivity index (χ3n) is 5.49. The number of anilines is 1. The van der Waals surface area contributed by atoms with E-state index < -0.39 is 6.10 Å². The molecule has 28 heavy (non-hydrogen) atoms. The van der Waals surface area contributed by atoms with Crippen LogP contribution in [0.3, 0.4) is 0 Å². The van der Waals surface area contributed by atoms with Crippen molar-refractivity contribution in [3.8, 4) is 0 Å². The van der Waals surface area contributed by atoms with Crippen molar-refractivity contribution in [3.05, 3.63) is 59.9 Å². The van der Waals surface area contributed by atoms with Gasteiger partial charge in [0.1, 0.15) is 6.10 Å². The number of hydrogen-bond donors (Lipinski definition) is 1. The van der Waals surface area contributed by atoms with Crippen molar-refractivity contribution >= 4 is 17.6 Å². The minimum atomic E-state index is -0.524. The average Bonchev–Trinajstić information content (AvgIpc) is 3.29. The summed E-state index contributed by atoms with van der Waals surface area (Å²) in [5, 5.41) is 2.94. The molecule has 1 spiro atoms. The lowest BCUT2D eigenvalue weighted by Crippen LogP contribution is -2.43. The number of amides is 3. The van der Waals surface area contributed by atoms with E-state index in [9.17, 15) is 9.59 Å². The average molecular weight is 380 g/mol. The monoisotopic (exact) mass is 380 g/mol. The van der Waals surface area contributed by atoms with Gasteiger partial charge >= 0.3 is 6.03 Å². The Hall–Kier alpha value is -2.93. The highest BCUT2D eigenvalue weighted by atomic mass is 16.5. The zero-order valence-corrected chi connectivity index (χ0v) is 16.1. The van der Waals surface area contributed by atoms with Crippen LogP contribution in [0.2, 0.25) is 0 Å². The first-order chi connectivity index (χ1) is 13.5. The van der Waals surface area contributed by atoms with E-state index in [0.717, 1.165) is 16.8 Å². The Bertz CT molecular complexity index is 886. The molecule has 1 aromatic heterocycles. The molecule has 0 saturated carbocycles. The zero-order chi connectivity index (χ0) is 19.7. The van der Waals surface area contributed by atoms with Crippen LogP contribution in [0, 0.1) is 0 Å². The third kappa shape index (κ3) is 3.22. The van der Waals surface area contributed by atoms with Gasteiger partial charge in [0.2, 0.25) is 5.91 Å². The number of fused-ring (bicyclic) bond motifs is 2. The smallest absolute Gasteiger partial charge is 0.323 e. The lowest BCUT2D eigenvalue weighted by atomic mass is 9.80. The molecule has 1 fully saturated rings. The molecular formula is C21H24N4O3. The molecule has 2 aliphatic heterocycles. The number of carbonyl (C=O) groups is 2. The van der Waals surface area contributed by atoms with Gasteiger partial charge in [-0.25, -0.2) is 4.79 Å². The fraction of sp³-hybridized carbons (Fsp3) is 0.381. The second-order valence-electron chi connectivity index (χ2n) is 7.64. The lowest BCUT2D eigenvalue weighted by Gasteiger charge is -2.25. The highest BCUT2D eigenvalue weighted by Gasteiger charge is 2.51. The summed E-state index contributed by atoms with van der Waals surface area (Å²) in [5.41, 5.74) is 2.63. The highest BCUT2D eigenvalue weighted by molar-refractivity contribution is 5.95. The van der Waals surface area contributed by atoms with Crippen LogP contribution in [0.5, 0.6) is 0 Å². The Labute approximate surface area is 164 Å². The normalized spacial score (nSPS) is 22.9. The summed E-state index contributed by atoms with van der Waals surface area (Å²) in [6, 6.07) is 11.6. The summed E-state index contributed by atoms with van der Waals surface area (Å²) in [6.45, 7) is 1.39. The van der Waals surface area contributed by atoms with Gasteiger partial charge in [-0.1, -0.05) is 18.2 Å². The first-order valence-corrected chi connectivity index (χ1v) is 9.37. The largest absolute Gasteiger partial charge is 0.367 e. The zero-order valence-electron chi connectivity index (χ0n) is 16.1. The van der Waals surface area contributed by atoms with Crippen molar-refractivity contribution in [2.45, 2.75) is 24.5 Å². The van der Waals surface area contributed by atoms with E-state index in [2.05, 4.69) is 10.3 Å². The Morgan fingerprint density at radius 3 is 2.75 bits per heavy atom. The fourth-order valence-electron chi connectivity index (χ4n) is 4.05. The number of hydrogen-bond acceptors (Lipinski definition) is 4. The summed E-state index contributed by atoms with van der Waals surface area (Å²) in [5.74, 6) is -0.122. The Morgan fingerprint density at radius 2 is 2.00 bits per heavy atom. The molecule has 3 amide bonds. The molecule has 1 saturated heterocycles. The molecule has 2 atom stereocenters. The van der Waals surface area contributed by atoms with Crippen LogP contribution in [0.1, 0.15) is 17.5 Å². The van der Waals surface area contributed by atoms with Crippen LogP contribution in [0.25, 0.3) is 0 Å². The van der Waals surface area contributed by atoms with Crippen LogP contribution in [-0.4, -0.2) is 55.2 Å². The molecular weight excluding hydrogens is 356 g/mol. The Morgan fingerprint density at radius 1 is 1.25 bits per heavy atom. The summed E-state index contributed by atoms with van der Waals surface area (Å²) in [7, 11) is 3.49. The van der Waals surface area contributed by atoms with Gasteiger partial charge in [0.15, 0.2) is 0 Å². The first kappa shape index (κ1) is 18.4. The van der Waals surface area contributed by atoms with Gasteiger partial charge in [-0.15, -0.1) is 0 Å². The molecule has 0 radical (unpaired) electrons. The van der Waals surface area contributed by atoms with Gasteiger partial charge in [-0.05, 0) is 35.7 Å². The molecule has 3 heterocycles. The van der Waals surface area contributed by atoms with E-state index >= 15 is 0 Å². The Kier molecular flexibility index (Phi) is 4.77. The van der Waals surface area contributed by atoms with Crippen molar-refractivity contribution in [2.75, 3.05) is 32.1 Å². The number of nitrogens with one attached hydrogen (secondary N) is 1. The SMILES string of the molecule is CN(C)C(=O)N1CC2(COC(C(=O)NCc3ccncc3)C2)c2ccccc21. The molecule has 2 aromatic rings. The van der Waals surface area contributed by atoms with E-state index in [0.29, 0.717) is 26.1 Å². The van der Waals surface area contributed by atoms with E-state index in [-0.39, 0.29) is 17.4 Å². The highest BCUT2D eigenvalue weighted by Crippen LogP contribution is 2.47. The number of carbonyl (C=O) groups excluding carboxylic acids is 2. The Balaban J connectivity index is 1.49. The summed E-state index contributed by atoms with van der Waals surface area (Å²) in [6.07, 6.45) is 3.44. The number of para-hydroxylation sites is 1. The van der Waals surface area contributed by atoms with Crippen LogP contribution in [-0.2, 0) is 21.5 Å². The number of nitrogens with zero attached hydrogens (tertiary/aromatic N) is 3. The van der Waals surface area contributed by atoms with Gasteiger partial charge in [0.25, 0.3) is 0 Å². The summed E-state index contributed by atoms with van der Waals surface area (Å²) >= 11 is 0. The van der Waals surface area contributed by atoms with Crippen molar-refractivity contribution in [3.63, 3.8) is 0 Å². The third-order valence-corrected chi connectivity index (χ3v) is 5.49. The van der Waals surface area contributed by atoms with Crippen LogP contribution < -0.4 is 10.2 Å². The second kappa shape index (κ2) is 7.24. The van der Waals surface area contributed by atoms with Crippen molar-refractivity contribution < 1.29 is 14.3 Å². The maximum absolute atomic E-state index is 12.7. The molecule has 146 valence electrons. The molecule has 2 aliphatic rings. The predicted molar refractivity (Wildman–Crippen MR) is 105 cm³/mol. The molecule has 0 aliphatic carbocycles. The van der Waals surface area contributed by atoms with Crippen LogP contribution >= 0.6 is 0 Å². The van der Waals surface area contributed by atoms with Gasteiger partial charge < -0.3 is 15.0 Å².